The molecule has 1 unspecified atom stereocenters. The summed E-state index contributed by atoms with van der Waals surface area (Å²) in [5.74, 6) is 0. The van der Waals surface area contributed by atoms with Crippen LogP contribution >= 0.6 is 0 Å². The second kappa shape index (κ2) is 21.8. The van der Waals surface area contributed by atoms with Crippen molar-refractivity contribution < 1.29 is 0 Å². The van der Waals surface area contributed by atoms with Crippen LogP contribution in [0.25, 0.3) is 6.08 Å². The number of nitrogens with zero attached hydrogens (tertiary/aromatic N) is 4. The van der Waals surface area contributed by atoms with Gasteiger partial charge in [0.25, 0.3) is 0 Å². The molecule has 4 nitrogen and oxygen atoms in total. The molecule has 1 aliphatic rings. The van der Waals surface area contributed by atoms with Crippen molar-refractivity contribution in [1.29, 1.82) is 0 Å². The topological polar surface area (TPSA) is 22.1 Å². The van der Waals surface area contributed by atoms with Gasteiger partial charge in [-0.1, -0.05) is 140 Å². The minimum Gasteiger partial charge on any atom is -0.375 e. The fourth-order valence-corrected chi connectivity index (χ4v) is 6.80. The number of hydrogen-bond acceptors (Lipinski definition) is 4. The normalized spacial score (nSPS) is 14.0. The van der Waals surface area contributed by atoms with Crippen LogP contribution in [-0.4, -0.2) is 45.0 Å². The monoisotopic (exact) mass is 689 g/mol. The van der Waals surface area contributed by atoms with Gasteiger partial charge in [-0.2, -0.15) is 5.10 Å². The number of fused-ring (bicyclic) bond motifs is 2. The first-order chi connectivity index (χ1) is 24.7. The van der Waals surface area contributed by atoms with Crippen LogP contribution in [0.4, 0.5) is 11.4 Å². The van der Waals surface area contributed by atoms with Crippen LogP contribution < -0.4 is 9.80 Å². The van der Waals surface area contributed by atoms with Crippen LogP contribution in [-0.2, 0) is 12.0 Å². The molecule has 0 aromatic heterocycles. The van der Waals surface area contributed by atoms with Gasteiger partial charge in [-0.15, -0.1) is 0 Å². The van der Waals surface area contributed by atoms with Gasteiger partial charge in [0, 0.05) is 45.1 Å². The van der Waals surface area contributed by atoms with E-state index in [0.29, 0.717) is 0 Å². The van der Waals surface area contributed by atoms with Gasteiger partial charge in [0.15, 0.2) is 0 Å². The Hall–Kier alpha value is -4.31. The van der Waals surface area contributed by atoms with E-state index in [2.05, 4.69) is 176 Å². The Morgan fingerprint density at radius 3 is 1.92 bits per heavy atom. The Labute approximate surface area is 312 Å². The van der Waals surface area contributed by atoms with Gasteiger partial charge >= 0.3 is 0 Å². The van der Waals surface area contributed by atoms with E-state index in [1.807, 2.05) is 26.1 Å². The zero-order valence-electron chi connectivity index (χ0n) is 34.2. The van der Waals surface area contributed by atoms with E-state index in [1.54, 1.807) is 0 Å². The fraction of sp³-hybridized carbons (Fsp3) is 0.426. The lowest BCUT2D eigenvalue weighted by molar-refractivity contribution is 0.205. The van der Waals surface area contributed by atoms with Gasteiger partial charge in [0.05, 0.1) is 6.21 Å². The van der Waals surface area contributed by atoms with Crippen LogP contribution in [0.5, 0.6) is 0 Å². The van der Waals surface area contributed by atoms with Gasteiger partial charge < -0.3 is 9.80 Å². The molecule has 51 heavy (non-hydrogen) atoms. The van der Waals surface area contributed by atoms with Gasteiger partial charge in [-0.25, -0.2) is 0 Å². The molecule has 0 amide bonds. The zero-order valence-corrected chi connectivity index (χ0v) is 34.2. The third kappa shape index (κ3) is 10.2. The van der Waals surface area contributed by atoms with Gasteiger partial charge in [-0.05, 0) is 96.8 Å². The van der Waals surface area contributed by atoms with Crippen molar-refractivity contribution in [3.8, 4) is 0 Å². The second-order valence-corrected chi connectivity index (χ2v) is 13.1. The van der Waals surface area contributed by atoms with Crippen LogP contribution in [0, 0.1) is 6.92 Å². The first-order valence-electron chi connectivity index (χ1n) is 19.5. The molecule has 0 heterocycles. The SMILES string of the molecule is C=Cc1ccccc1C1(N(C)/N=C/c2cccc(N(C)CCC)c2)c2ccc(C)cc2Cc2cc(N(CC)CC)ccc21.CC.CCC.CCC. The summed E-state index contributed by atoms with van der Waals surface area (Å²) >= 11 is 0. The molecule has 0 saturated heterocycles. The second-order valence-electron chi connectivity index (χ2n) is 13.1. The fourth-order valence-electron chi connectivity index (χ4n) is 6.80. The summed E-state index contributed by atoms with van der Waals surface area (Å²) in [5.41, 5.74) is 11.7. The summed E-state index contributed by atoms with van der Waals surface area (Å²) in [4.78, 5) is 4.72. The minimum absolute atomic E-state index is 0.643. The molecule has 1 aliphatic carbocycles. The first-order valence-corrected chi connectivity index (χ1v) is 19.5. The van der Waals surface area contributed by atoms with Crippen LogP contribution in [0.2, 0.25) is 0 Å². The molecule has 4 heteroatoms. The highest BCUT2D eigenvalue weighted by Crippen LogP contribution is 2.50. The van der Waals surface area contributed by atoms with Crippen LogP contribution in [0.1, 0.15) is 126 Å². The number of aryl methyl sites for hydroxylation is 1. The van der Waals surface area contributed by atoms with E-state index < -0.39 is 5.54 Å². The Morgan fingerprint density at radius 1 is 0.706 bits per heavy atom. The van der Waals surface area contributed by atoms with Crippen molar-refractivity contribution in [2.45, 2.75) is 100 Å². The summed E-state index contributed by atoms with van der Waals surface area (Å²) < 4.78 is 0. The summed E-state index contributed by atoms with van der Waals surface area (Å²) in [6.07, 6.45) is 8.49. The standard InChI is InChI=1S/C39H46N4.2C3H8.C2H6/c1-8-23-41(6)34-17-14-15-30(25-34)28-40-42(7)39(36-18-13-12-16-31(36)9-2)37-21-19-29(5)24-32(37)26-33-27-35(20-22-38(33)39)43(10-3)11-4;2*1-3-2;1-2/h9,12-22,24-25,27-28H,2,8,10-11,23,26H2,1,3-7H3;2*3H2,1-2H3;1-2H3/b40-28+;;;. The molecule has 5 rings (SSSR count). The molecule has 0 spiro atoms. The predicted molar refractivity (Wildman–Crippen MR) is 229 cm³/mol. The molecule has 0 fully saturated rings. The first kappa shape index (κ1) is 42.9. The van der Waals surface area contributed by atoms with Crippen molar-refractivity contribution in [2.75, 3.05) is 43.5 Å². The molecule has 276 valence electrons. The quantitative estimate of drug-likeness (QED) is 0.116. The average Bonchev–Trinajstić information content (AvgIpc) is 3.15. The van der Waals surface area contributed by atoms with Crippen molar-refractivity contribution >= 4 is 23.7 Å². The van der Waals surface area contributed by atoms with Crippen molar-refractivity contribution in [3.63, 3.8) is 0 Å². The van der Waals surface area contributed by atoms with Gasteiger partial charge in [-0.3, -0.25) is 5.01 Å². The Morgan fingerprint density at radius 2 is 1.31 bits per heavy atom. The largest absolute Gasteiger partial charge is 0.375 e. The number of hydrazone groups is 1. The third-order valence-corrected chi connectivity index (χ3v) is 8.94. The Balaban J connectivity index is 0.00000104. The summed E-state index contributed by atoms with van der Waals surface area (Å²) in [5, 5.41) is 7.43. The van der Waals surface area contributed by atoms with Gasteiger partial charge in [0.2, 0.25) is 0 Å². The summed E-state index contributed by atoms with van der Waals surface area (Å²) in [6.45, 7) is 28.6. The number of benzene rings is 4. The lowest BCUT2D eigenvalue weighted by atomic mass is 9.67. The number of anilines is 2. The maximum atomic E-state index is 5.24. The molecular weight excluding hydrogens is 621 g/mol. The average molecular weight is 689 g/mol. The lowest BCUT2D eigenvalue weighted by Crippen LogP contribution is -2.47. The van der Waals surface area contributed by atoms with E-state index in [1.165, 1.54) is 57.6 Å². The maximum absolute atomic E-state index is 5.24. The van der Waals surface area contributed by atoms with Crippen molar-refractivity contribution in [2.24, 2.45) is 5.10 Å². The number of rotatable bonds is 11. The Kier molecular flexibility index (Phi) is 18.3. The molecular formula is C47H68N4. The van der Waals surface area contributed by atoms with E-state index in [-0.39, 0.29) is 0 Å². The van der Waals surface area contributed by atoms with E-state index >= 15 is 0 Å². The Bertz CT molecular complexity index is 1650. The highest BCUT2D eigenvalue weighted by atomic mass is 15.5. The molecule has 0 bridgehead atoms. The minimum atomic E-state index is -0.643. The van der Waals surface area contributed by atoms with Crippen molar-refractivity contribution in [3.05, 3.63) is 136 Å². The van der Waals surface area contributed by atoms with E-state index in [0.717, 1.165) is 43.6 Å². The molecule has 0 N–H and O–H groups in total. The summed E-state index contributed by atoms with van der Waals surface area (Å²) in [6, 6.07) is 31.3. The van der Waals surface area contributed by atoms with Crippen molar-refractivity contribution in [1.82, 2.24) is 5.01 Å². The number of hydrogen-bond donors (Lipinski definition) is 0. The van der Waals surface area contributed by atoms with E-state index in [9.17, 15) is 0 Å². The maximum Gasteiger partial charge on any atom is 0.133 e. The molecule has 4 aromatic rings. The smallest absolute Gasteiger partial charge is 0.133 e. The molecule has 0 saturated carbocycles. The summed E-state index contributed by atoms with van der Waals surface area (Å²) in [7, 11) is 4.28. The lowest BCUT2D eigenvalue weighted by Gasteiger charge is -2.47. The molecule has 0 radical (unpaired) electrons. The predicted octanol–water partition coefficient (Wildman–Crippen LogP) is 12.4. The third-order valence-electron chi connectivity index (χ3n) is 8.94. The van der Waals surface area contributed by atoms with E-state index in [4.69, 9.17) is 5.10 Å². The molecule has 4 aromatic carbocycles. The van der Waals surface area contributed by atoms with Crippen LogP contribution in [0.15, 0.2) is 96.6 Å². The van der Waals surface area contributed by atoms with Gasteiger partial charge in [0.1, 0.15) is 5.54 Å². The highest BCUT2D eigenvalue weighted by molar-refractivity contribution is 5.81. The molecule has 0 aliphatic heterocycles. The zero-order chi connectivity index (χ0) is 38.0. The highest BCUT2D eigenvalue weighted by Gasteiger charge is 2.46. The van der Waals surface area contributed by atoms with Crippen LogP contribution in [0.3, 0.4) is 0 Å². The molecule has 1 atom stereocenters.